The molecule has 2 rings (SSSR count). The van der Waals surface area contributed by atoms with Gasteiger partial charge in [0, 0.05) is 16.1 Å². The molecule has 100 valence electrons. The fraction of sp³-hybridized carbons (Fsp3) is 0.250. The van der Waals surface area contributed by atoms with Crippen LogP contribution in [0.3, 0.4) is 0 Å². The van der Waals surface area contributed by atoms with Gasteiger partial charge in [-0.05, 0) is 49.2 Å². The molecule has 1 unspecified atom stereocenters. The lowest BCUT2D eigenvalue weighted by Gasteiger charge is -2.19. The van der Waals surface area contributed by atoms with E-state index in [1.807, 2.05) is 38.2 Å². The number of nitrogens with one attached hydrogen (secondary N) is 1. The van der Waals surface area contributed by atoms with Crippen molar-refractivity contribution in [1.82, 2.24) is 5.32 Å². The highest BCUT2D eigenvalue weighted by Crippen LogP contribution is 2.28. The minimum Gasteiger partial charge on any atom is -0.313 e. The van der Waals surface area contributed by atoms with Gasteiger partial charge in [0.05, 0.1) is 0 Å². The Morgan fingerprint density at radius 2 is 1.79 bits per heavy atom. The molecule has 0 saturated heterocycles. The topological polar surface area (TPSA) is 12.0 Å². The molecule has 0 aliphatic carbocycles. The maximum absolute atomic E-state index is 6.34. The molecule has 3 heteroatoms. The second-order valence-electron chi connectivity index (χ2n) is 4.66. The summed E-state index contributed by atoms with van der Waals surface area (Å²) >= 11 is 12.6. The third kappa shape index (κ3) is 3.50. The number of hydrogen-bond acceptors (Lipinski definition) is 1. The third-order valence-corrected chi connectivity index (χ3v) is 3.96. The monoisotopic (exact) mass is 293 g/mol. The zero-order chi connectivity index (χ0) is 13.8. The summed E-state index contributed by atoms with van der Waals surface area (Å²) in [5.74, 6) is 0. The summed E-state index contributed by atoms with van der Waals surface area (Å²) in [6.07, 6.45) is 0.818. The van der Waals surface area contributed by atoms with Crippen LogP contribution in [-0.2, 0) is 6.42 Å². The SMILES string of the molecule is CNC(Cc1ccccc1Cl)c1ccc(C)cc1Cl. The van der Waals surface area contributed by atoms with Crippen LogP contribution in [0.15, 0.2) is 42.5 Å². The number of hydrogen-bond donors (Lipinski definition) is 1. The molecule has 0 aliphatic heterocycles. The lowest BCUT2D eigenvalue weighted by Crippen LogP contribution is -2.19. The first-order valence-electron chi connectivity index (χ1n) is 6.28. The van der Waals surface area contributed by atoms with Gasteiger partial charge in [0.1, 0.15) is 0 Å². The van der Waals surface area contributed by atoms with Gasteiger partial charge in [0.2, 0.25) is 0 Å². The van der Waals surface area contributed by atoms with Crippen molar-refractivity contribution in [2.24, 2.45) is 0 Å². The van der Waals surface area contributed by atoms with Crippen molar-refractivity contribution in [3.05, 3.63) is 69.2 Å². The van der Waals surface area contributed by atoms with Crippen LogP contribution in [0, 0.1) is 6.92 Å². The highest BCUT2D eigenvalue weighted by molar-refractivity contribution is 6.31. The van der Waals surface area contributed by atoms with Gasteiger partial charge in [-0.25, -0.2) is 0 Å². The second-order valence-corrected chi connectivity index (χ2v) is 5.48. The Balaban J connectivity index is 2.28. The molecular weight excluding hydrogens is 277 g/mol. The van der Waals surface area contributed by atoms with Crippen molar-refractivity contribution in [2.45, 2.75) is 19.4 Å². The summed E-state index contributed by atoms with van der Waals surface area (Å²) in [6, 6.07) is 14.2. The van der Waals surface area contributed by atoms with Crippen LogP contribution in [0.2, 0.25) is 10.0 Å². The smallest absolute Gasteiger partial charge is 0.0456 e. The first-order chi connectivity index (χ1) is 9.11. The van der Waals surface area contributed by atoms with Gasteiger partial charge in [0.25, 0.3) is 0 Å². The molecule has 0 aliphatic rings. The predicted molar refractivity (Wildman–Crippen MR) is 83.1 cm³/mol. The molecule has 0 radical (unpaired) electrons. The number of rotatable bonds is 4. The van der Waals surface area contributed by atoms with E-state index < -0.39 is 0 Å². The Labute approximate surface area is 124 Å². The van der Waals surface area contributed by atoms with Crippen LogP contribution in [0.5, 0.6) is 0 Å². The summed E-state index contributed by atoms with van der Waals surface area (Å²) in [4.78, 5) is 0. The quantitative estimate of drug-likeness (QED) is 0.853. The highest BCUT2D eigenvalue weighted by atomic mass is 35.5. The molecule has 0 spiro atoms. The van der Waals surface area contributed by atoms with Gasteiger partial charge in [-0.3, -0.25) is 0 Å². The summed E-state index contributed by atoms with van der Waals surface area (Å²) in [6.45, 7) is 2.04. The van der Waals surface area contributed by atoms with Gasteiger partial charge < -0.3 is 5.32 Å². The molecule has 1 atom stereocenters. The average molecular weight is 294 g/mol. The third-order valence-electron chi connectivity index (χ3n) is 3.26. The number of likely N-dealkylation sites (N-methyl/N-ethyl adjacent to an activating group) is 1. The van der Waals surface area contributed by atoms with Crippen LogP contribution < -0.4 is 5.32 Å². The van der Waals surface area contributed by atoms with Crippen molar-refractivity contribution in [2.75, 3.05) is 7.05 Å². The fourth-order valence-electron chi connectivity index (χ4n) is 2.17. The summed E-state index contributed by atoms with van der Waals surface area (Å²) < 4.78 is 0. The van der Waals surface area contributed by atoms with Gasteiger partial charge in [-0.2, -0.15) is 0 Å². The molecule has 0 amide bonds. The maximum Gasteiger partial charge on any atom is 0.0456 e. The molecule has 2 aromatic rings. The molecule has 2 aromatic carbocycles. The molecule has 0 fully saturated rings. The standard InChI is InChI=1S/C16H17Cl2N/c1-11-7-8-13(15(18)9-11)16(19-2)10-12-5-3-4-6-14(12)17/h3-9,16,19H,10H2,1-2H3. The number of halogens is 2. The molecule has 0 aromatic heterocycles. The van der Waals surface area contributed by atoms with Gasteiger partial charge in [-0.1, -0.05) is 53.5 Å². The fourth-order valence-corrected chi connectivity index (χ4v) is 2.75. The first kappa shape index (κ1) is 14.4. The summed E-state index contributed by atoms with van der Waals surface area (Å²) in [7, 11) is 1.94. The normalized spacial score (nSPS) is 12.4. The van der Waals surface area contributed by atoms with Gasteiger partial charge >= 0.3 is 0 Å². The molecule has 0 heterocycles. The largest absolute Gasteiger partial charge is 0.313 e. The van der Waals surface area contributed by atoms with Crippen LogP contribution >= 0.6 is 23.2 Å². The Morgan fingerprint density at radius 1 is 1.05 bits per heavy atom. The maximum atomic E-state index is 6.34. The number of aryl methyl sites for hydroxylation is 1. The van der Waals surface area contributed by atoms with E-state index in [9.17, 15) is 0 Å². The Kier molecular flexibility index (Phi) is 4.87. The van der Waals surface area contributed by atoms with Crippen LogP contribution in [0.4, 0.5) is 0 Å². The first-order valence-corrected chi connectivity index (χ1v) is 7.04. The van der Waals surface area contributed by atoms with E-state index in [-0.39, 0.29) is 6.04 Å². The van der Waals surface area contributed by atoms with Crippen LogP contribution in [0.1, 0.15) is 22.7 Å². The molecule has 19 heavy (non-hydrogen) atoms. The van der Waals surface area contributed by atoms with E-state index in [1.54, 1.807) is 0 Å². The second kappa shape index (κ2) is 6.42. The van der Waals surface area contributed by atoms with E-state index in [2.05, 4.69) is 23.5 Å². The van der Waals surface area contributed by atoms with Crippen LogP contribution in [0.25, 0.3) is 0 Å². The van der Waals surface area contributed by atoms with Gasteiger partial charge in [-0.15, -0.1) is 0 Å². The van der Waals surface area contributed by atoms with E-state index in [1.165, 1.54) is 5.56 Å². The summed E-state index contributed by atoms with van der Waals surface area (Å²) in [5.41, 5.74) is 3.40. The van der Waals surface area contributed by atoms with Gasteiger partial charge in [0.15, 0.2) is 0 Å². The van der Waals surface area contributed by atoms with E-state index in [0.717, 1.165) is 27.6 Å². The lowest BCUT2D eigenvalue weighted by atomic mass is 9.98. The lowest BCUT2D eigenvalue weighted by molar-refractivity contribution is 0.592. The molecule has 1 nitrogen and oxygen atoms in total. The minimum absolute atomic E-state index is 0.160. The predicted octanol–water partition coefficient (Wildman–Crippen LogP) is 4.81. The Morgan fingerprint density at radius 3 is 2.42 bits per heavy atom. The van der Waals surface area contributed by atoms with Crippen molar-refractivity contribution in [3.63, 3.8) is 0 Å². The molecule has 0 saturated carbocycles. The molecule has 1 N–H and O–H groups in total. The van der Waals surface area contributed by atoms with Crippen molar-refractivity contribution in [3.8, 4) is 0 Å². The average Bonchev–Trinajstić information content (AvgIpc) is 2.39. The van der Waals surface area contributed by atoms with Crippen molar-refractivity contribution >= 4 is 23.2 Å². The number of benzene rings is 2. The van der Waals surface area contributed by atoms with Crippen molar-refractivity contribution < 1.29 is 0 Å². The molecule has 0 bridgehead atoms. The zero-order valence-corrected chi connectivity index (χ0v) is 12.6. The van der Waals surface area contributed by atoms with Crippen molar-refractivity contribution in [1.29, 1.82) is 0 Å². The van der Waals surface area contributed by atoms with E-state index in [0.29, 0.717) is 0 Å². The van der Waals surface area contributed by atoms with E-state index >= 15 is 0 Å². The Bertz CT molecular complexity index is 566. The Hall–Kier alpha value is -1.02. The minimum atomic E-state index is 0.160. The summed E-state index contributed by atoms with van der Waals surface area (Å²) in [5, 5.41) is 4.91. The zero-order valence-electron chi connectivity index (χ0n) is 11.1. The molecular formula is C16H17Cl2N. The van der Waals surface area contributed by atoms with Crippen LogP contribution in [-0.4, -0.2) is 7.05 Å². The highest BCUT2D eigenvalue weighted by Gasteiger charge is 2.14. The van der Waals surface area contributed by atoms with E-state index in [4.69, 9.17) is 23.2 Å².